The molecule has 1 fully saturated rings. The number of fused-ring (bicyclic) bond motifs is 1. The quantitative estimate of drug-likeness (QED) is 0.242. The van der Waals surface area contributed by atoms with Crippen molar-refractivity contribution >= 4 is 44.5 Å². The Kier molecular flexibility index (Phi) is 10.3. The second-order valence-electron chi connectivity index (χ2n) is 9.55. The minimum Gasteiger partial charge on any atom is -0.463 e. The second kappa shape index (κ2) is 14.0. The van der Waals surface area contributed by atoms with Gasteiger partial charge in [-0.1, -0.05) is 53.8 Å². The summed E-state index contributed by atoms with van der Waals surface area (Å²) in [6, 6.07) is 16.1. The Bertz CT molecular complexity index is 1220. The fourth-order valence-electron chi connectivity index (χ4n) is 4.70. The number of aromatic nitrogens is 1. The Morgan fingerprint density at radius 2 is 1.90 bits per heavy atom. The number of rotatable bonds is 13. The predicted octanol–water partition coefficient (Wildman–Crippen LogP) is 3.91. The monoisotopic (exact) mass is 552 g/mol. The fourth-order valence-corrected chi connectivity index (χ4v) is 5.59. The first kappa shape index (κ1) is 28.5. The van der Waals surface area contributed by atoms with Crippen LogP contribution in [-0.4, -0.2) is 65.6 Å². The topological polar surface area (TPSA) is 124 Å². The molecule has 10 heteroatoms. The Balaban J connectivity index is 1.27. The van der Waals surface area contributed by atoms with E-state index in [0.717, 1.165) is 20.9 Å². The molecule has 3 N–H and O–H groups in total. The molecule has 2 aromatic carbocycles. The number of carbonyl (C=O) groups excluding carboxylic acids is 3. The Morgan fingerprint density at radius 1 is 1.13 bits per heavy atom. The summed E-state index contributed by atoms with van der Waals surface area (Å²) in [6.45, 7) is 2.97. The molecule has 1 amide bonds. The van der Waals surface area contributed by atoms with Gasteiger partial charge in [0.1, 0.15) is 6.04 Å². The molecule has 1 aliphatic heterocycles. The van der Waals surface area contributed by atoms with Gasteiger partial charge >= 0.3 is 11.9 Å². The van der Waals surface area contributed by atoms with Crippen molar-refractivity contribution in [3.63, 3.8) is 0 Å². The first-order valence-corrected chi connectivity index (χ1v) is 14.3. The number of hydrogen-bond donors (Lipinski definition) is 2. The second-order valence-corrected chi connectivity index (χ2v) is 10.6. The number of anilines is 1. The molecule has 3 aromatic rings. The molecule has 1 saturated heterocycles. The van der Waals surface area contributed by atoms with E-state index in [-0.39, 0.29) is 12.5 Å². The summed E-state index contributed by atoms with van der Waals surface area (Å²) in [5.74, 6) is -1.43. The zero-order chi connectivity index (χ0) is 27.6. The molecule has 1 aromatic heterocycles. The van der Waals surface area contributed by atoms with E-state index < -0.39 is 30.1 Å². The van der Waals surface area contributed by atoms with Crippen LogP contribution >= 0.6 is 11.3 Å². The van der Waals surface area contributed by atoms with Crippen LogP contribution in [0.3, 0.4) is 0 Å². The molecule has 208 valence electrons. The van der Waals surface area contributed by atoms with E-state index in [0.29, 0.717) is 51.6 Å². The van der Waals surface area contributed by atoms with Gasteiger partial charge in [0.25, 0.3) is 0 Å². The highest BCUT2D eigenvalue weighted by Crippen LogP contribution is 2.25. The highest BCUT2D eigenvalue weighted by molar-refractivity contribution is 7.22. The number of likely N-dealkylation sites (tertiary alicyclic amines) is 1. The molecule has 0 radical (unpaired) electrons. The van der Waals surface area contributed by atoms with E-state index >= 15 is 0 Å². The van der Waals surface area contributed by atoms with Crippen molar-refractivity contribution in [1.82, 2.24) is 9.88 Å². The van der Waals surface area contributed by atoms with Gasteiger partial charge in [-0.25, -0.2) is 14.6 Å². The van der Waals surface area contributed by atoms with Crippen LogP contribution in [0.15, 0.2) is 54.6 Å². The number of hydrogen-bond acceptors (Lipinski definition) is 9. The third kappa shape index (κ3) is 7.77. The number of benzene rings is 2. The molecule has 2 heterocycles. The number of aryl methyl sites for hydroxylation is 1. The number of carbonyl (C=O) groups is 3. The lowest BCUT2D eigenvalue weighted by Crippen LogP contribution is -2.49. The minimum absolute atomic E-state index is 0.189. The van der Waals surface area contributed by atoms with Gasteiger partial charge in [-0.3, -0.25) is 4.79 Å². The summed E-state index contributed by atoms with van der Waals surface area (Å²) in [6.07, 6.45) is 2.12. The van der Waals surface area contributed by atoms with Crippen molar-refractivity contribution < 1.29 is 23.9 Å². The summed E-state index contributed by atoms with van der Waals surface area (Å²) in [4.78, 5) is 44.9. The number of amides is 1. The third-order valence-electron chi connectivity index (χ3n) is 6.73. The van der Waals surface area contributed by atoms with Crippen molar-refractivity contribution in [3.8, 4) is 0 Å². The maximum atomic E-state index is 13.1. The molecule has 0 spiro atoms. The standard InChI is InChI=1S/C29H36N4O5S/c1-2-37-28(36)24(17-16-20-10-4-3-5-11-20)38-27(35)23-14-9-19-33(23)26(34)21(30)12-8-18-31-29-32-22-13-6-7-15-25(22)39-29/h3-7,10-11,13,15,21,23-24H,2,8-9,12,14,16-19,30H2,1H3,(H,31,32)/t21-,23-,24-/m0/s1. The first-order chi connectivity index (χ1) is 19.0. The summed E-state index contributed by atoms with van der Waals surface area (Å²) in [5, 5.41) is 4.14. The molecule has 4 rings (SSSR count). The number of nitrogens with one attached hydrogen (secondary N) is 1. The van der Waals surface area contributed by atoms with E-state index in [1.807, 2.05) is 54.6 Å². The molecule has 1 aliphatic rings. The average Bonchev–Trinajstić information content (AvgIpc) is 3.60. The number of para-hydroxylation sites is 1. The predicted molar refractivity (Wildman–Crippen MR) is 151 cm³/mol. The maximum Gasteiger partial charge on any atom is 0.347 e. The smallest absolute Gasteiger partial charge is 0.347 e. The van der Waals surface area contributed by atoms with Crippen molar-refractivity contribution in [1.29, 1.82) is 0 Å². The van der Waals surface area contributed by atoms with Gasteiger partial charge in [-0.2, -0.15) is 0 Å². The van der Waals surface area contributed by atoms with Crippen LogP contribution < -0.4 is 11.1 Å². The van der Waals surface area contributed by atoms with Gasteiger partial charge < -0.3 is 25.4 Å². The SMILES string of the molecule is CCOC(=O)[C@H](CCc1ccccc1)OC(=O)[C@@H]1CCCN1C(=O)[C@@H](N)CCCNc1nc2ccccc2s1. The molecule has 9 nitrogen and oxygen atoms in total. The summed E-state index contributed by atoms with van der Waals surface area (Å²) < 4.78 is 11.9. The van der Waals surface area contributed by atoms with E-state index in [4.69, 9.17) is 15.2 Å². The van der Waals surface area contributed by atoms with E-state index in [1.165, 1.54) is 4.90 Å². The van der Waals surface area contributed by atoms with Gasteiger partial charge in [-0.15, -0.1) is 0 Å². The van der Waals surface area contributed by atoms with Crippen LogP contribution in [0.1, 0.15) is 44.6 Å². The molecular formula is C29H36N4O5S. The fraction of sp³-hybridized carbons (Fsp3) is 0.448. The molecule has 0 unspecified atom stereocenters. The lowest BCUT2D eigenvalue weighted by molar-refractivity contribution is -0.171. The highest BCUT2D eigenvalue weighted by atomic mass is 32.1. The zero-order valence-electron chi connectivity index (χ0n) is 22.2. The zero-order valence-corrected chi connectivity index (χ0v) is 23.0. The first-order valence-electron chi connectivity index (χ1n) is 13.5. The van der Waals surface area contributed by atoms with E-state index in [9.17, 15) is 14.4 Å². The number of esters is 2. The maximum absolute atomic E-state index is 13.1. The lowest BCUT2D eigenvalue weighted by Gasteiger charge is -2.27. The van der Waals surface area contributed by atoms with Gasteiger partial charge in [-0.05, 0) is 63.1 Å². The highest BCUT2D eigenvalue weighted by Gasteiger charge is 2.39. The van der Waals surface area contributed by atoms with E-state index in [1.54, 1.807) is 18.3 Å². The van der Waals surface area contributed by atoms with Crippen molar-refractivity contribution in [2.75, 3.05) is 25.0 Å². The van der Waals surface area contributed by atoms with Crippen LogP contribution in [0.5, 0.6) is 0 Å². The van der Waals surface area contributed by atoms with Crippen LogP contribution in [0.2, 0.25) is 0 Å². The molecule has 0 bridgehead atoms. The Labute approximate surface area is 232 Å². The Morgan fingerprint density at radius 3 is 2.67 bits per heavy atom. The van der Waals surface area contributed by atoms with Gasteiger partial charge in [0, 0.05) is 13.1 Å². The van der Waals surface area contributed by atoms with Gasteiger partial charge in [0.05, 0.1) is 22.9 Å². The third-order valence-corrected chi connectivity index (χ3v) is 7.73. The Hall–Kier alpha value is -3.50. The van der Waals surface area contributed by atoms with Crippen molar-refractivity contribution in [2.24, 2.45) is 5.73 Å². The number of thiazole rings is 1. The van der Waals surface area contributed by atoms with Crippen molar-refractivity contribution in [3.05, 3.63) is 60.2 Å². The van der Waals surface area contributed by atoms with Crippen LogP contribution in [0, 0.1) is 0 Å². The number of nitrogens with two attached hydrogens (primary N) is 1. The number of nitrogens with zero attached hydrogens (tertiary/aromatic N) is 2. The molecule has 39 heavy (non-hydrogen) atoms. The molecule has 3 atom stereocenters. The van der Waals surface area contributed by atoms with Crippen LogP contribution in [0.25, 0.3) is 10.2 Å². The van der Waals surface area contributed by atoms with Crippen molar-refractivity contribution in [2.45, 2.75) is 63.6 Å². The normalized spacial score (nSPS) is 16.6. The molecule has 0 aliphatic carbocycles. The summed E-state index contributed by atoms with van der Waals surface area (Å²) in [5.41, 5.74) is 8.23. The van der Waals surface area contributed by atoms with Crippen LogP contribution in [-0.2, 0) is 30.3 Å². The summed E-state index contributed by atoms with van der Waals surface area (Å²) in [7, 11) is 0. The van der Waals surface area contributed by atoms with Gasteiger partial charge in [0.2, 0.25) is 5.91 Å². The summed E-state index contributed by atoms with van der Waals surface area (Å²) >= 11 is 1.59. The van der Waals surface area contributed by atoms with E-state index in [2.05, 4.69) is 10.3 Å². The van der Waals surface area contributed by atoms with Crippen LogP contribution in [0.4, 0.5) is 5.13 Å². The number of ether oxygens (including phenoxy) is 2. The molecular weight excluding hydrogens is 516 g/mol. The average molecular weight is 553 g/mol. The lowest BCUT2D eigenvalue weighted by atomic mass is 10.1. The molecule has 0 saturated carbocycles. The van der Waals surface area contributed by atoms with Gasteiger partial charge in [0.15, 0.2) is 11.2 Å². The largest absolute Gasteiger partial charge is 0.463 e. The minimum atomic E-state index is -1.03.